The molecule has 0 aliphatic heterocycles. The Morgan fingerprint density at radius 3 is 2.95 bits per heavy atom. The molecule has 1 aliphatic rings. The van der Waals surface area contributed by atoms with E-state index in [-0.39, 0.29) is 0 Å². The number of hydrogen-bond donors (Lipinski definition) is 1. The minimum Gasteiger partial charge on any atom is -0.312 e. The number of aromatic nitrogens is 1. The SMILES string of the molecule is CNC(Cc1ccc(C)cn1)c1cc2c(s1)CCC2. The van der Waals surface area contributed by atoms with Crippen LogP contribution in [0.1, 0.15) is 39.0 Å². The first-order valence-corrected chi connectivity index (χ1v) is 7.78. The molecule has 2 aromatic heterocycles. The van der Waals surface area contributed by atoms with Crippen molar-refractivity contribution in [3.8, 4) is 0 Å². The normalized spacial score (nSPS) is 15.5. The van der Waals surface area contributed by atoms with Crippen LogP contribution in [0.25, 0.3) is 0 Å². The van der Waals surface area contributed by atoms with E-state index in [2.05, 4.69) is 35.4 Å². The molecule has 2 heterocycles. The van der Waals surface area contributed by atoms with Gasteiger partial charge in [-0.05, 0) is 56.5 Å². The lowest BCUT2D eigenvalue weighted by atomic mass is 10.1. The number of thiophene rings is 1. The minimum absolute atomic E-state index is 0.394. The van der Waals surface area contributed by atoms with Gasteiger partial charge in [-0.25, -0.2) is 0 Å². The Morgan fingerprint density at radius 1 is 1.37 bits per heavy atom. The van der Waals surface area contributed by atoms with Gasteiger partial charge < -0.3 is 5.32 Å². The van der Waals surface area contributed by atoms with E-state index in [1.165, 1.54) is 35.4 Å². The van der Waals surface area contributed by atoms with Crippen LogP contribution in [-0.2, 0) is 19.3 Å². The lowest BCUT2D eigenvalue weighted by Crippen LogP contribution is -2.18. The topological polar surface area (TPSA) is 24.9 Å². The van der Waals surface area contributed by atoms with Crippen molar-refractivity contribution >= 4 is 11.3 Å². The number of fused-ring (bicyclic) bond motifs is 1. The molecule has 2 nitrogen and oxygen atoms in total. The van der Waals surface area contributed by atoms with Gasteiger partial charge in [-0.1, -0.05) is 6.07 Å². The summed E-state index contributed by atoms with van der Waals surface area (Å²) < 4.78 is 0. The second-order valence-electron chi connectivity index (χ2n) is 5.32. The van der Waals surface area contributed by atoms with Gasteiger partial charge in [0, 0.05) is 34.1 Å². The fourth-order valence-corrected chi connectivity index (χ4v) is 4.06. The van der Waals surface area contributed by atoms with Crippen molar-refractivity contribution in [2.75, 3.05) is 7.05 Å². The number of likely N-dealkylation sites (N-methyl/N-ethyl adjacent to an activating group) is 1. The quantitative estimate of drug-likeness (QED) is 0.922. The van der Waals surface area contributed by atoms with Gasteiger partial charge in [-0.2, -0.15) is 0 Å². The molecule has 0 bridgehead atoms. The molecule has 100 valence electrons. The Balaban J connectivity index is 1.78. The summed E-state index contributed by atoms with van der Waals surface area (Å²) in [6.45, 7) is 2.08. The number of hydrogen-bond acceptors (Lipinski definition) is 3. The van der Waals surface area contributed by atoms with Gasteiger partial charge in [-0.15, -0.1) is 11.3 Å². The average molecular weight is 272 g/mol. The van der Waals surface area contributed by atoms with Gasteiger partial charge in [0.15, 0.2) is 0 Å². The van der Waals surface area contributed by atoms with Crippen molar-refractivity contribution in [1.29, 1.82) is 0 Å². The van der Waals surface area contributed by atoms with E-state index in [9.17, 15) is 0 Å². The molecule has 3 heteroatoms. The van der Waals surface area contributed by atoms with Crippen molar-refractivity contribution in [2.45, 2.75) is 38.6 Å². The Labute approximate surface area is 118 Å². The molecule has 0 aromatic carbocycles. The molecule has 19 heavy (non-hydrogen) atoms. The van der Waals surface area contributed by atoms with Crippen LogP contribution in [0.4, 0.5) is 0 Å². The Morgan fingerprint density at radius 2 is 2.26 bits per heavy atom. The molecule has 1 unspecified atom stereocenters. The van der Waals surface area contributed by atoms with Crippen LogP contribution in [-0.4, -0.2) is 12.0 Å². The zero-order chi connectivity index (χ0) is 13.2. The molecule has 1 atom stereocenters. The zero-order valence-electron chi connectivity index (χ0n) is 11.6. The van der Waals surface area contributed by atoms with Gasteiger partial charge in [0.2, 0.25) is 0 Å². The van der Waals surface area contributed by atoms with E-state index in [1.807, 2.05) is 24.6 Å². The average Bonchev–Trinajstić information content (AvgIpc) is 2.99. The van der Waals surface area contributed by atoms with Crippen LogP contribution >= 0.6 is 11.3 Å². The highest BCUT2D eigenvalue weighted by Crippen LogP contribution is 2.34. The van der Waals surface area contributed by atoms with E-state index in [4.69, 9.17) is 0 Å². The zero-order valence-corrected chi connectivity index (χ0v) is 12.4. The molecule has 0 amide bonds. The van der Waals surface area contributed by atoms with Crippen LogP contribution in [0.3, 0.4) is 0 Å². The van der Waals surface area contributed by atoms with Crippen LogP contribution in [0.2, 0.25) is 0 Å². The first-order valence-electron chi connectivity index (χ1n) is 6.96. The van der Waals surface area contributed by atoms with E-state index >= 15 is 0 Å². The number of nitrogens with zero attached hydrogens (tertiary/aromatic N) is 1. The predicted molar refractivity (Wildman–Crippen MR) is 80.8 cm³/mol. The third-order valence-electron chi connectivity index (χ3n) is 3.84. The molecule has 0 fully saturated rings. The van der Waals surface area contributed by atoms with Crippen molar-refractivity contribution in [3.63, 3.8) is 0 Å². The van der Waals surface area contributed by atoms with Gasteiger partial charge in [0.1, 0.15) is 0 Å². The smallest absolute Gasteiger partial charge is 0.0468 e. The summed E-state index contributed by atoms with van der Waals surface area (Å²) in [6, 6.07) is 7.08. The molecule has 3 rings (SSSR count). The fourth-order valence-electron chi connectivity index (χ4n) is 2.70. The maximum Gasteiger partial charge on any atom is 0.0468 e. The van der Waals surface area contributed by atoms with Gasteiger partial charge in [0.25, 0.3) is 0 Å². The van der Waals surface area contributed by atoms with Crippen molar-refractivity contribution in [1.82, 2.24) is 10.3 Å². The van der Waals surface area contributed by atoms with E-state index < -0.39 is 0 Å². The largest absolute Gasteiger partial charge is 0.312 e. The van der Waals surface area contributed by atoms with E-state index in [0.717, 1.165) is 6.42 Å². The summed E-state index contributed by atoms with van der Waals surface area (Å²) >= 11 is 1.99. The Bertz CT molecular complexity index is 535. The lowest BCUT2D eigenvalue weighted by Gasteiger charge is -2.14. The molecule has 0 spiro atoms. The monoisotopic (exact) mass is 272 g/mol. The van der Waals surface area contributed by atoms with Crippen molar-refractivity contribution < 1.29 is 0 Å². The Hall–Kier alpha value is -1.19. The highest BCUT2D eigenvalue weighted by atomic mass is 32.1. The van der Waals surface area contributed by atoms with Crippen molar-refractivity contribution in [3.05, 3.63) is 51.0 Å². The molecule has 1 aliphatic carbocycles. The summed E-state index contributed by atoms with van der Waals surface area (Å²) in [7, 11) is 2.05. The molecule has 0 saturated heterocycles. The van der Waals surface area contributed by atoms with Crippen LogP contribution < -0.4 is 5.32 Å². The van der Waals surface area contributed by atoms with Crippen LogP contribution in [0, 0.1) is 6.92 Å². The predicted octanol–water partition coefficient (Wildman–Crippen LogP) is 3.44. The molecular weight excluding hydrogens is 252 g/mol. The summed E-state index contributed by atoms with van der Waals surface area (Å²) in [5.74, 6) is 0. The maximum absolute atomic E-state index is 4.52. The van der Waals surface area contributed by atoms with E-state index in [1.54, 1.807) is 10.4 Å². The number of rotatable bonds is 4. The lowest BCUT2D eigenvalue weighted by molar-refractivity contribution is 0.593. The van der Waals surface area contributed by atoms with Crippen molar-refractivity contribution in [2.24, 2.45) is 0 Å². The molecule has 2 aromatic rings. The maximum atomic E-state index is 4.52. The van der Waals surface area contributed by atoms with Crippen LogP contribution in [0.5, 0.6) is 0 Å². The molecule has 0 radical (unpaired) electrons. The van der Waals surface area contributed by atoms with Crippen LogP contribution in [0.15, 0.2) is 24.4 Å². The summed E-state index contributed by atoms with van der Waals surface area (Å²) in [5.41, 5.74) is 3.97. The second-order valence-corrected chi connectivity index (χ2v) is 6.49. The van der Waals surface area contributed by atoms with Gasteiger partial charge >= 0.3 is 0 Å². The first kappa shape index (κ1) is 12.8. The number of aryl methyl sites for hydroxylation is 3. The fraction of sp³-hybridized carbons (Fsp3) is 0.438. The highest BCUT2D eigenvalue weighted by molar-refractivity contribution is 7.12. The summed E-state index contributed by atoms with van der Waals surface area (Å²) in [4.78, 5) is 7.59. The number of pyridine rings is 1. The molecule has 1 N–H and O–H groups in total. The second kappa shape index (κ2) is 5.43. The third kappa shape index (κ3) is 2.72. The third-order valence-corrected chi connectivity index (χ3v) is 5.19. The summed E-state index contributed by atoms with van der Waals surface area (Å²) in [5, 5.41) is 3.44. The number of nitrogens with one attached hydrogen (secondary N) is 1. The molecule has 0 saturated carbocycles. The highest BCUT2D eigenvalue weighted by Gasteiger charge is 2.19. The minimum atomic E-state index is 0.394. The first-order chi connectivity index (χ1) is 9.26. The Kier molecular flexibility index (Phi) is 3.67. The standard InChI is InChI=1S/C16H20N2S/c1-11-6-7-13(18-10-11)9-14(17-2)16-8-12-4-3-5-15(12)19-16/h6-8,10,14,17H,3-5,9H2,1-2H3. The van der Waals surface area contributed by atoms with E-state index in [0.29, 0.717) is 6.04 Å². The van der Waals surface area contributed by atoms with Gasteiger partial charge in [0.05, 0.1) is 0 Å². The molecular formula is C16H20N2S. The van der Waals surface area contributed by atoms with Gasteiger partial charge in [-0.3, -0.25) is 4.98 Å². The summed E-state index contributed by atoms with van der Waals surface area (Å²) in [6.07, 6.45) is 6.81.